The number of hydrogen-bond donors (Lipinski definition) is 3. The van der Waals surface area contributed by atoms with Gasteiger partial charge in [-0.3, -0.25) is 0 Å². The number of thiophene rings is 1. The number of sulfone groups is 1. The van der Waals surface area contributed by atoms with E-state index in [0.29, 0.717) is 12.5 Å². The Bertz CT molecular complexity index is 630. The van der Waals surface area contributed by atoms with Crippen LogP contribution in [0, 0.1) is 0 Å². The largest absolute Gasteiger partial charge is 0.383 e. The van der Waals surface area contributed by atoms with Gasteiger partial charge in [0.05, 0.1) is 17.0 Å². The maximum atomic E-state index is 12.1. The quantitative estimate of drug-likeness (QED) is 0.499. The molecule has 0 saturated heterocycles. The standard InChI is InChI=1S/C16H29N3O3S2/c1-6-17-14(18-9-11-24(21,22)15(2,3)4)19-12-16(5,20)13-8-7-10-23-13/h7-8,10,20H,6,9,11-12H2,1-5H3,(H2,17,18,19). The van der Waals surface area contributed by atoms with Gasteiger partial charge in [0.15, 0.2) is 15.8 Å². The van der Waals surface area contributed by atoms with Crippen molar-refractivity contribution >= 4 is 27.1 Å². The second kappa shape index (κ2) is 8.31. The average Bonchev–Trinajstić information content (AvgIpc) is 2.98. The smallest absolute Gasteiger partial charge is 0.191 e. The molecule has 138 valence electrons. The van der Waals surface area contributed by atoms with Gasteiger partial charge in [0.2, 0.25) is 0 Å². The van der Waals surface area contributed by atoms with Crippen LogP contribution in [0.2, 0.25) is 0 Å². The lowest BCUT2D eigenvalue weighted by Crippen LogP contribution is -2.42. The van der Waals surface area contributed by atoms with Gasteiger partial charge in [-0.15, -0.1) is 11.3 Å². The van der Waals surface area contributed by atoms with E-state index in [1.165, 1.54) is 11.3 Å². The molecule has 0 spiro atoms. The monoisotopic (exact) mass is 375 g/mol. The van der Waals surface area contributed by atoms with Gasteiger partial charge in [-0.25, -0.2) is 13.4 Å². The molecule has 0 radical (unpaired) electrons. The van der Waals surface area contributed by atoms with E-state index in [4.69, 9.17) is 0 Å². The van der Waals surface area contributed by atoms with Crippen LogP contribution in [0.1, 0.15) is 39.5 Å². The predicted molar refractivity (Wildman–Crippen MR) is 101 cm³/mol. The Labute approximate surface area is 149 Å². The van der Waals surface area contributed by atoms with Crippen LogP contribution in [-0.2, 0) is 15.4 Å². The third kappa shape index (κ3) is 6.07. The molecule has 0 fully saturated rings. The molecule has 0 aromatic carbocycles. The first kappa shape index (κ1) is 20.9. The molecule has 3 N–H and O–H groups in total. The van der Waals surface area contributed by atoms with Gasteiger partial charge in [-0.2, -0.15) is 0 Å². The van der Waals surface area contributed by atoms with Crippen molar-refractivity contribution in [1.82, 2.24) is 10.6 Å². The van der Waals surface area contributed by atoms with Crippen LogP contribution in [-0.4, -0.2) is 49.6 Å². The highest BCUT2D eigenvalue weighted by molar-refractivity contribution is 7.92. The van der Waals surface area contributed by atoms with E-state index in [9.17, 15) is 13.5 Å². The van der Waals surface area contributed by atoms with Gasteiger partial charge in [0, 0.05) is 18.0 Å². The van der Waals surface area contributed by atoms with Crippen LogP contribution >= 0.6 is 11.3 Å². The highest BCUT2D eigenvalue weighted by atomic mass is 32.2. The second-order valence-electron chi connectivity index (χ2n) is 6.80. The highest BCUT2D eigenvalue weighted by Gasteiger charge is 2.28. The number of aliphatic hydroxyl groups is 1. The van der Waals surface area contributed by atoms with Crippen molar-refractivity contribution in [2.45, 2.75) is 45.0 Å². The van der Waals surface area contributed by atoms with Gasteiger partial charge >= 0.3 is 0 Å². The third-order valence-corrected chi connectivity index (χ3v) is 7.27. The van der Waals surface area contributed by atoms with Gasteiger partial charge in [0.1, 0.15) is 5.60 Å². The molecule has 1 aromatic rings. The van der Waals surface area contributed by atoms with Gasteiger partial charge in [-0.1, -0.05) is 6.07 Å². The molecule has 1 heterocycles. The molecule has 8 heteroatoms. The molecule has 0 amide bonds. The summed E-state index contributed by atoms with van der Waals surface area (Å²) in [6, 6.07) is 3.76. The Hall–Kier alpha value is -1.12. The van der Waals surface area contributed by atoms with E-state index < -0.39 is 20.2 Å². The van der Waals surface area contributed by atoms with Crippen LogP contribution in [0.4, 0.5) is 0 Å². The SMILES string of the molecule is CCNC(=NCC(C)(O)c1cccs1)NCCS(=O)(=O)C(C)(C)C. The third-order valence-electron chi connectivity index (χ3n) is 3.54. The first-order chi connectivity index (χ1) is 11.0. The van der Waals surface area contributed by atoms with Gasteiger partial charge in [0.25, 0.3) is 0 Å². The minimum Gasteiger partial charge on any atom is -0.383 e. The fraction of sp³-hybridized carbons (Fsp3) is 0.688. The summed E-state index contributed by atoms with van der Waals surface area (Å²) in [5.74, 6) is 0.529. The summed E-state index contributed by atoms with van der Waals surface area (Å²) in [6.45, 7) is 9.84. The van der Waals surface area contributed by atoms with E-state index >= 15 is 0 Å². The molecule has 24 heavy (non-hydrogen) atoms. The fourth-order valence-corrected chi connectivity index (χ4v) is 3.61. The lowest BCUT2D eigenvalue weighted by atomic mass is 10.1. The van der Waals surface area contributed by atoms with Crippen molar-refractivity contribution in [2.75, 3.05) is 25.4 Å². The van der Waals surface area contributed by atoms with E-state index in [-0.39, 0.29) is 18.8 Å². The molecular formula is C16H29N3O3S2. The Morgan fingerprint density at radius 3 is 2.46 bits per heavy atom. The Morgan fingerprint density at radius 2 is 1.96 bits per heavy atom. The lowest BCUT2D eigenvalue weighted by molar-refractivity contribution is 0.0711. The fourth-order valence-electron chi connectivity index (χ4n) is 1.85. The summed E-state index contributed by atoms with van der Waals surface area (Å²) in [5.41, 5.74) is -1.05. The number of nitrogens with zero attached hydrogens (tertiary/aromatic N) is 1. The van der Waals surface area contributed by atoms with E-state index in [2.05, 4.69) is 15.6 Å². The van der Waals surface area contributed by atoms with Crippen molar-refractivity contribution < 1.29 is 13.5 Å². The molecule has 0 saturated carbocycles. The molecule has 6 nitrogen and oxygen atoms in total. The normalized spacial score (nSPS) is 15.8. The molecule has 0 aliphatic rings. The van der Waals surface area contributed by atoms with Crippen molar-refractivity contribution in [1.29, 1.82) is 0 Å². The summed E-state index contributed by atoms with van der Waals surface area (Å²) < 4.78 is 23.5. The molecule has 1 aromatic heterocycles. The summed E-state index contributed by atoms with van der Waals surface area (Å²) in [4.78, 5) is 5.22. The van der Waals surface area contributed by atoms with Crippen molar-refractivity contribution in [2.24, 2.45) is 4.99 Å². The molecule has 1 rings (SSSR count). The molecule has 0 bridgehead atoms. The van der Waals surface area contributed by atoms with Crippen molar-refractivity contribution in [3.8, 4) is 0 Å². The maximum absolute atomic E-state index is 12.1. The molecule has 0 aliphatic heterocycles. The zero-order chi connectivity index (χ0) is 18.4. The van der Waals surface area contributed by atoms with Gasteiger partial charge in [-0.05, 0) is 46.1 Å². The van der Waals surface area contributed by atoms with Crippen molar-refractivity contribution in [3.05, 3.63) is 22.4 Å². The first-order valence-electron chi connectivity index (χ1n) is 8.00. The average molecular weight is 376 g/mol. The number of rotatable bonds is 7. The Kier molecular flexibility index (Phi) is 7.25. The minimum atomic E-state index is -3.18. The van der Waals surface area contributed by atoms with Crippen LogP contribution in [0.25, 0.3) is 0 Å². The lowest BCUT2D eigenvalue weighted by Gasteiger charge is -2.21. The van der Waals surface area contributed by atoms with E-state index in [1.54, 1.807) is 27.7 Å². The Morgan fingerprint density at radius 1 is 1.29 bits per heavy atom. The maximum Gasteiger partial charge on any atom is 0.191 e. The molecule has 1 atom stereocenters. The zero-order valence-corrected chi connectivity index (χ0v) is 16.7. The van der Waals surface area contributed by atoms with Crippen molar-refractivity contribution in [3.63, 3.8) is 0 Å². The summed E-state index contributed by atoms with van der Waals surface area (Å²) in [6.07, 6.45) is 0. The number of nitrogens with one attached hydrogen (secondary N) is 2. The second-order valence-corrected chi connectivity index (χ2v) is 10.6. The number of guanidine groups is 1. The first-order valence-corrected chi connectivity index (χ1v) is 10.5. The summed E-state index contributed by atoms with van der Waals surface area (Å²) in [7, 11) is -3.18. The van der Waals surface area contributed by atoms with Crippen LogP contribution in [0.15, 0.2) is 22.5 Å². The summed E-state index contributed by atoms with van der Waals surface area (Å²) in [5, 5.41) is 18.5. The number of hydrogen-bond acceptors (Lipinski definition) is 5. The molecule has 1 unspecified atom stereocenters. The highest BCUT2D eigenvalue weighted by Crippen LogP contribution is 2.25. The Balaban J connectivity index is 2.67. The minimum absolute atomic E-state index is 0.0300. The van der Waals surface area contributed by atoms with Gasteiger partial charge < -0.3 is 15.7 Å². The molecule has 0 aliphatic carbocycles. The van der Waals surface area contributed by atoms with E-state index in [0.717, 1.165) is 4.88 Å². The van der Waals surface area contributed by atoms with Crippen LogP contribution in [0.3, 0.4) is 0 Å². The van der Waals surface area contributed by atoms with Crippen LogP contribution < -0.4 is 10.6 Å². The summed E-state index contributed by atoms with van der Waals surface area (Å²) >= 11 is 1.48. The topological polar surface area (TPSA) is 90.8 Å². The number of aliphatic imine (C=N–C) groups is 1. The molecular weight excluding hydrogens is 346 g/mol. The zero-order valence-electron chi connectivity index (χ0n) is 15.1. The predicted octanol–water partition coefficient (Wildman–Crippen LogP) is 1.72. The van der Waals surface area contributed by atoms with E-state index in [1.807, 2.05) is 24.4 Å². The van der Waals surface area contributed by atoms with Crippen LogP contribution in [0.5, 0.6) is 0 Å².